The summed E-state index contributed by atoms with van der Waals surface area (Å²) in [5.41, 5.74) is 0.586. The van der Waals surface area contributed by atoms with Gasteiger partial charge < -0.3 is 11.1 Å². The van der Waals surface area contributed by atoms with Crippen LogP contribution in [0.25, 0.3) is 0 Å². The van der Waals surface area contributed by atoms with Gasteiger partial charge in [0.2, 0.25) is 0 Å². The number of alkyl halides is 3. The molecule has 0 fully saturated rings. The monoisotopic (exact) mass is 268 g/mol. The van der Waals surface area contributed by atoms with E-state index in [0.29, 0.717) is 6.92 Å². The summed E-state index contributed by atoms with van der Waals surface area (Å²) in [5.74, 6) is -4.14. The van der Waals surface area contributed by atoms with E-state index in [9.17, 15) is 26.7 Å². The van der Waals surface area contributed by atoms with Crippen LogP contribution in [-0.4, -0.2) is 17.6 Å². The Bertz CT molecular complexity index is 450. The van der Waals surface area contributed by atoms with E-state index in [-0.39, 0.29) is 0 Å². The van der Waals surface area contributed by atoms with Gasteiger partial charge in [-0.1, -0.05) is 6.07 Å². The first-order valence-electron chi connectivity index (χ1n) is 4.68. The van der Waals surface area contributed by atoms with Crippen LogP contribution in [0.3, 0.4) is 0 Å². The second-order valence-electron chi connectivity index (χ2n) is 3.75. The number of halogens is 5. The number of carbonyl (C=O) groups is 1. The van der Waals surface area contributed by atoms with Crippen LogP contribution in [0.1, 0.15) is 6.92 Å². The van der Waals surface area contributed by atoms with Crippen molar-refractivity contribution in [3.63, 3.8) is 0 Å². The molecule has 0 saturated carbocycles. The number of para-hydroxylation sites is 1. The normalized spacial score (nSPS) is 15.1. The van der Waals surface area contributed by atoms with Crippen LogP contribution in [0.2, 0.25) is 0 Å². The number of carbonyl (C=O) groups excluding carboxylic acids is 1. The van der Waals surface area contributed by atoms with E-state index in [1.54, 1.807) is 0 Å². The predicted octanol–water partition coefficient (Wildman–Crippen LogP) is 2.18. The van der Waals surface area contributed by atoms with E-state index < -0.39 is 34.9 Å². The summed E-state index contributed by atoms with van der Waals surface area (Å²) in [6.07, 6.45) is -5.04. The van der Waals surface area contributed by atoms with Crippen LogP contribution >= 0.6 is 0 Å². The van der Waals surface area contributed by atoms with Gasteiger partial charge in [0.15, 0.2) is 5.54 Å². The van der Waals surface area contributed by atoms with E-state index >= 15 is 0 Å². The van der Waals surface area contributed by atoms with Crippen molar-refractivity contribution in [2.24, 2.45) is 5.73 Å². The van der Waals surface area contributed by atoms with E-state index in [0.717, 1.165) is 18.2 Å². The molecule has 3 N–H and O–H groups in total. The molecule has 18 heavy (non-hydrogen) atoms. The number of rotatable bonds is 2. The lowest BCUT2D eigenvalue weighted by Gasteiger charge is -2.26. The average molecular weight is 268 g/mol. The van der Waals surface area contributed by atoms with Crippen molar-refractivity contribution in [3.8, 4) is 0 Å². The minimum Gasteiger partial charge on any atom is -0.319 e. The molecule has 0 aliphatic carbocycles. The van der Waals surface area contributed by atoms with Gasteiger partial charge in [-0.2, -0.15) is 13.2 Å². The first-order valence-corrected chi connectivity index (χ1v) is 4.68. The lowest BCUT2D eigenvalue weighted by Crippen LogP contribution is -2.59. The third-order valence-electron chi connectivity index (χ3n) is 2.26. The number of amides is 1. The maximum absolute atomic E-state index is 13.1. The molecule has 0 bridgehead atoms. The van der Waals surface area contributed by atoms with Gasteiger partial charge in [0.1, 0.15) is 17.3 Å². The molecule has 1 amide bonds. The van der Waals surface area contributed by atoms with Gasteiger partial charge in [-0.05, 0) is 19.1 Å². The quantitative estimate of drug-likeness (QED) is 0.808. The average Bonchev–Trinajstić information content (AvgIpc) is 2.21. The molecule has 0 radical (unpaired) electrons. The van der Waals surface area contributed by atoms with Crippen LogP contribution in [0.5, 0.6) is 0 Å². The predicted molar refractivity (Wildman–Crippen MR) is 53.6 cm³/mol. The highest BCUT2D eigenvalue weighted by molar-refractivity contribution is 5.98. The summed E-state index contributed by atoms with van der Waals surface area (Å²) in [4.78, 5) is 11.3. The summed E-state index contributed by atoms with van der Waals surface area (Å²) >= 11 is 0. The Morgan fingerprint density at radius 2 is 1.67 bits per heavy atom. The van der Waals surface area contributed by atoms with Crippen molar-refractivity contribution in [2.45, 2.75) is 18.6 Å². The molecule has 0 aliphatic rings. The van der Waals surface area contributed by atoms with Crippen LogP contribution < -0.4 is 11.1 Å². The third kappa shape index (κ3) is 2.58. The second-order valence-corrected chi connectivity index (χ2v) is 3.75. The zero-order valence-corrected chi connectivity index (χ0v) is 9.11. The van der Waals surface area contributed by atoms with Crippen molar-refractivity contribution in [1.29, 1.82) is 0 Å². The molecule has 100 valence electrons. The fraction of sp³-hybridized carbons (Fsp3) is 0.300. The first-order chi connectivity index (χ1) is 8.07. The highest BCUT2D eigenvalue weighted by Crippen LogP contribution is 2.29. The topological polar surface area (TPSA) is 55.1 Å². The number of nitrogens with one attached hydrogen (secondary N) is 1. The maximum atomic E-state index is 13.1. The number of anilines is 1. The molecule has 0 aromatic heterocycles. The number of hydrogen-bond donors (Lipinski definition) is 2. The largest absolute Gasteiger partial charge is 0.415 e. The molecule has 8 heteroatoms. The molecule has 0 spiro atoms. The molecule has 0 saturated heterocycles. The summed E-state index contributed by atoms with van der Waals surface area (Å²) < 4.78 is 63.5. The van der Waals surface area contributed by atoms with E-state index in [1.165, 1.54) is 5.32 Å². The highest BCUT2D eigenvalue weighted by Gasteiger charge is 2.54. The van der Waals surface area contributed by atoms with Gasteiger partial charge in [-0.15, -0.1) is 0 Å². The molecule has 0 aliphatic heterocycles. The first kappa shape index (κ1) is 14.4. The lowest BCUT2D eigenvalue weighted by molar-refractivity contribution is -0.184. The molecule has 1 unspecified atom stereocenters. The Labute approximate surface area is 98.8 Å². The van der Waals surface area contributed by atoms with Crippen LogP contribution in [-0.2, 0) is 4.79 Å². The SMILES string of the molecule is CC(N)(C(=O)Nc1c(F)cccc1F)C(F)(F)F. The van der Waals surface area contributed by atoms with E-state index in [2.05, 4.69) is 0 Å². The van der Waals surface area contributed by atoms with Gasteiger partial charge in [0, 0.05) is 0 Å². The highest BCUT2D eigenvalue weighted by atomic mass is 19.4. The van der Waals surface area contributed by atoms with Gasteiger partial charge in [-0.25, -0.2) is 8.78 Å². The Morgan fingerprint density at radius 1 is 1.22 bits per heavy atom. The second kappa shape index (κ2) is 4.52. The van der Waals surface area contributed by atoms with Crippen molar-refractivity contribution in [1.82, 2.24) is 0 Å². The molecular weight excluding hydrogens is 259 g/mol. The van der Waals surface area contributed by atoms with Gasteiger partial charge >= 0.3 is 6.18 Å². The Morgan fingerprint density at radius 3 is 2.06 bits per heavy atom. The molecular formula is C10H9F5N2O. The number of benzene rings is 1. The Hall–Kier alpha value is -1.70. The van der Waals surface area contributed by atoms with E-state index in [4.69, 9.17) is 5.73 Å². The molecule has 1 aromatic rings. The van der Waals surface area contributed by atoms with Gasteiger partial charge in [0.25, 0.3) is 5.91 Å². The smallest absolute Gasteiger partial charge is 0.319 e. The van der Waals surface area contributed by atoms with Crippen LogP contribution in [0, 0.1) is 11.6 Å². The zero-order chi connectivity index (χ0) is 14.1. The van der Waals surface area contributed by atoms with E-state index in [1.807, 2.05) is 0 Å². The lowest BCUT2D eigenvalue weighted by atomic mass is 10.0. The van der Waals surface area contributed by atoms with Crippen molar-refractivity contribution >= 4 is 11.6 Å². The minimum absolute atomic E-state index is 0.404. The summed E-state index contributed by atoms with van der Waals surface area (Å²) in [6, 6.07) is 2.59. The standard InChI is InChI=1S/C10H9F5N2O/c1-9(16,10(13,14)15)8(18)17-7-5(11)3-2-4-6(7)12/h2-4H,16H2,1H3,(H,17,18). The number of hydrogen-bond acceptors (Lipinski definition) is 2. The minimum atomic E-state index is -5.04. The van der Waals surface area contributed by atoms with Crippen molar-refractivity contribution in [3.05, 3.63) is 29.8 Å². The molecule has 0 heterocycles. The van der Waals surface area contributed by atoms with Crippen molar-refractivity contribution in [2.75, 3.05) is 5.32 Å². The molecule has 1 rings (SSSR count). The zero-order valence-electron chi connectivity index (χ0n) is 9.11. The summed E-state index contributed by atoms with van der Waals surface area (Å²) in [7, 11) is 0. The summed E-state index contributed by atoms with van der Waals surface area (Å²) in [6.45, 7) is 0.404. The van der Waals surface area contributed by atoms with Crippen molar-refractivity contribution < 1.29 is 26.7 Å². The van der Waals surface area contributed by atoms with Gasteiger partial charge in [0.05, 0.1) is 0 Å². The molecule has 1 atom stereocenters. The fourth-order valence-electron chi connectivity index (χ4n) is 0.989. The maximum Gasteiger partial charge on any atom is 0.415 e. The van der Waals surface area contributed by atoms with Crippen LogP contribution in [0.4, 0.5) is 27.6 Å². The fourth-order valence-corrected chi connectivity index (χ4v) is 0.989. The number of nitrogens with two attached hydrogens (primary N) is 1. The van der Waals surface area contributed by atoms with Gasteiger partial charge in [-0.3, -0.25) is 4.79 Å². The molecule has 1 aromatic carbocycles. The Balaban J connectivity index is 3.03. The third-order valence-corrected chi connectivity index (χ3v) is 2.26. The Kier molecular flexibility index (Phi) is 3.61. The van der Waals surface area contributed by atoms with Crippen LogP contribution in [0.15, 0.2) is 18.2 Å². The molecule has 3 nitrogen and oxygen atoms in total. The summed E-state index contributed by atoms with van der Waals surface area (Å²) in [5, 5.41) is 1.49.